The molecule has 16 heteroatoms. The maximum atomic E-state index is 12.0. The van der Waals surface area contributed by atoms with Crippen LogP contribution in [0.1, 0.15) is 70.9 Å². The summed E-state index contributed by atoms with van der Waals surface area (Å²) in [6.07, 6.45) is 8.18. The molecule has 0 saturated heterocycles. The number of benzene rings is 2. The Bertz CT molecular complexity index is 1970. The lowest BCUT2D eigenvalue weighted by Gasteiger charge is -2.27. The largest absolute Gasteiger partial charge is 0.748 e. The van der Waals surface area contributed by atoms with Gasteiger partial charge in [0.25, 0.3) is 10.1 Å². The number of rotatable bonds is 13. The van der Waals surface area contributed by atoms with Crippen LogP contribution in [0.3, 0.4) is 0 Å². The number of fused-ring (bicyclic) bond motifs is 2. The Hall–Kier alpha value is -3.70. The van der Waals surface area contributed by atoms with Gasteiger partial charge in [-0.05, 0) is 56.5 Å². The van der Waals surface area contributed by atoms with Crippen molar-refractivity contribution in [3.8, 4) is 0 Å². The molecule has 2 aromatic carbocycles. The second-order valence-corrected chi connectivity index (χ2v) is 15.9. The normalized spacial score (nSPS) is 17.3. The molecule has 2 aliphatic heterocycles. The van der Waals surface area contributed by atoms with E-state index in [4.69, 9.17) is 17.7 Å². The fourth-order valence-corrected chi connectivity index (χ4v) is 7.28. The third kappa shape index (κ3) is 9.47. The second-order valence-electron chi connectivity index (χ2n) is 12.5. The predicted octanol–water partition coefficient (Wildman–Crippen LogP) is 4.12. The van der Waals surface area contributed by atoms with Gasteiger partial charge in [0.1, 0.15) is 6.54 Å². The lowest BCUT2D eigenvalue weighted by Crippen LogP contribution is -2.28. The van der Waals surface area contributed by atoms with E-state index in [0.717, 1.165) is 40.3 Å². The predicted molar refractivity (Wildman–Crippen MR) is 178 cm³/mol. The molecule has 0 bridgehead atoms. The fourth-order valence-electron chi connectivity index (χ4n) is 6.29. The van der Waals surface area contributed by atoms with Crippen molar-refractivity contribution < 1.29 is 53.0 Å². The van der Waals surface area contributed by atoms with Crippen molar-refractivity contribution >= 4 is 53.9 Å². The summed E-state index contributed by atoms with van der Waals surface area (Å²) in [4.78, 5) is 12.9. The van der Waals surface area contributed by atoms with E-state index in [2.05, 4.69) is 23.3 Å². The molecule has 0 spiro atoms. The van der Waals surface area contributed by atoms with Gasteiger partial charge in [-0.3, -0.25) is 9.35 Å². The van der Waals surface area contributed by atoms with Crippen LogP contribution in [0.25, 0.3) is 0 Å². The van der Waals surface area contributed by atoms with E-state index in [0.29, 0.717) is 25.9 Å². The summed E-state index contributed by atoms with van der Waals surface area (Å²) < 4.78 is 94.9. The number of carboxylic acids is 1. The first-order valence-corrected chi connectivity index (χ1v) is 19.1. The highest BCUT2D eigenvalue weighted by Gasteiger charge is 2.44. The van der Waals surface area contributed by atoms with Gasteiger partial charge in [0.2, 0.25) is 5.69 Å². The molecule has 0 fully saturated rings. The van der Waals surface area contributed by atoms with Crippen molar-refractivity contribution in [2.75, 3.05) is 23.7 Å². The van der Waals surface area contributed by atoms with Gasteiger partial charge in [-0.15, -0.1) is 12.6 Å². The summed E-state index contributed by atoms with van der Waals surface area (Å²) in [6.45, 7) is 9.11. The minimum absolute atomic E-state index is 0.0965. The molecule has 0 aliphatic carbocycles. The minimum Gasteiger partial charge on any atom is -0.748 e. The number of hydrogen-bond donors (Lipinski definition) is 2. The van der Waals surface area contributed by atoms with Crippen molar-refractivity contribution in [1.29, 1.82) is 0 Å². The highest BCUT2D eigenvalue weighted by atomic mass is 32.2. The van der Waals surface area contributed by atoms with Crippen LogP contribution in [0.4, 0.5) is 11.4 Å². The molecule has 2 aliphatic rings. The standard InChI is InChI=1S/C32H40N2O8S2.O3S/c1-31(2)24-12-7-8-13-26(24)34(20-11-21-43(37,38)39)28(31)14-10-15-29-32(3,4)25-22-23(44(40,41)42)17-18-27(25)33(29)19-9-5-6-16-30(35)36;1-4(2)3/h7-8,10,12-15,17-18,22H,5-6,9,11,16,19-21H2,1-4H3,(H2-,35,36,37,38,39,40,41,42);. The van der Waals surface area contributed by atoms with Crippen LogP contribution in [-0.2, 0) is 46.5 Å². The average Bonchev–Trinajstić information content (AvgIpc) is 3.30. The first kappa shape index (κ1) is 38.7. The topological polar surface area (TPSA) is 206 Å². The summed E-state index contributed by atoms with van der Waals surface area (Å²) in [5.74, 6) is -1.29. The first-order valence-electron chi connectivity index (χ1n) is 15.1. The highest BCUT2D eigenvalue weighted by molar-refractivity contribution is 7.86. The van der Waals surface area contributed by atoms with Crippen LogP contribution in [-0.4, -0.2) is 78.8 Å². The summed E-state index contributed by atoms with van der Waals surface area (Å²) in [5.41, 5.74) is 4.45. The van der Waals surface area contributed by atoms with Gasteiger partial charge >= 0.3 is 16.6 Å². The molecule has 48 heavy (non-hydrogen) atoms. The quantitative estimate of drug-likeness (QED) is 0.170. The summed E-state index contributed by atoms with van der Waals surface area (Å²) in [7, 11) is -11.9. The lowest BCUT2D eigenvalue weighted by molar-refractivity contribution is -0.437. The van der Waals surface area contributed by atoms with Gasteiger partial charge in [-0.1, -0.05) is 44.5 Å². The Balaban J connectivity index is 0.00000148. The molecular formula is C32H40N2O11S3. The Morgan fingerprint density at radius 3 is 2.19 bits per heavy atom. The van der Waals surface area contributed by atoms with Crippen LogP contribution in [0, 0.1) is 0 Å². The number of para-hydroxylation sites is 1. The summed E-state index contributed by atoms with van der Waals surface area (Å²) >= 11 is 0. The van der Waals surface area contributed by atoms with Gasteiger partial charge in [0.15, 0.2) is 5.71 Å². The monoisotopic (exact) mass is 724 g/mol. The zero-order valence-electron chi connectivity index (χ0n) is 27.1. The number of anilines is 1. The lowest BCUT2D eigenvalue weighted by atomic mass is 9.81. The van der Waals surface area contributed by atoms with Gasteiger partial charge in [0.05, 0.1) is 20.4 Å². The number of unbranched alkanes of at least 4 members (excludes halogenated alkanes) is 2. The van der Waals surface area contributed by atoms with Gasteiger partial charge in [0, 0.05) is 59.6 Å². The molecule has 0 aromatic heterocycles. The van der Waals surface area contributed by atoms with Crippen LogP contribution in [0.2, 0.25) is 0 Å². The number of hydrogen-bond acceptors (Lipinski definition) is 10. The van der Waals surface area contributed by atoms with Crippen LogP contribution >= 0.6 is 0 Å². The van der Waals surface area contributed by atoms with Gasteiger partial charge in [-0.2, -0.15) is 13.0 Å². The summed E-state index contributed by atoms with van der Waals surface area (Å²) in [6, 6.07) is 12.5. The van der Waals surface area contributed by atoms with Gasteiger partial charge in [-0.25, -0.2) is 8.42 Å². The van der Waals surface area contributed by atoms with Crippen LogP contribution in [0.15, 0.2) is 71.3 Å². The summed E-state index contributed by atoms with van der Waals surface area (Å²) in [5, 5.41) is 9.00. The van der Waals surface area contributed by atoms with E-state index in [-0.39, 0.29) is 17.7 Å². The average molecular weight is 725 g/mol. The zero-order valence-corrected chi connectivity index (χ0v) is 29.6. The molecule has 13 nitrogen and oxygen atoms in total. The van der Waals surface area contributed by atoms with Crippen molar-refractivity contribution in [3.05, 3.63) is 77.5 Å². The second kappa shape index (κ2) is 15.2. The molecule has 0 unspecified atom stereocenters. The number of allylic oxidation sites excluding steroid dienone is 4. The molecule has 0 atom stereocenters. The number of carboxylic acid groups (broad SMARTS) is 1. The molecule has 0 radical (unpaired) electrons. The third-order valence-electron chi connectivity index (χ3n) is 8.52. The maximum Gasteiger partial charge on any atom is 0.425 e. The number of nitrogens with zero attached hydrogens (tertiary/aromatic N) is 2. The number of carbonyl (C=O) groups is 1. The van der Waals surface area contributed by atoms with Crippen LogP contribution in [0.5, 0.6) is 0 Å². The van der Waals surface area contributed by atoms with E-state index in [1.807, 2.05) is 56.3 Å². The molecule has 0 saturated carbocycles. The molecule has 4 rings (SSSR count). The maximum absolute atomic E-state index is 12.0. The van der Waals surface area contributed by atoms with E-state index >= 15 is 0 Å². The minimum atomic E-state index is -4.41. The Morgan fingerprint density at radius 1 is 0.938 bits per heavy atom. The molecule has 2 aromatic rings. The molecule has 0 amide bonds. The first-order chi connectivity index (χ1) is 22.2. The van der Waals surface area contributed by atoms with Crippen molar-refractivity contribution in [2.45, 2.75) is 75.5 Å². The molecule has 2 heterocycles. The van der Waals surface area contributed by atoms with Crippen molar-refractivity contribution in [2.24, 2.45) is 0 Å². The Morgan fingerprint density at radius 2 is 1.58 bits per heavy atom. The third-order valence-corrected chi connectivity index (χ3v) is 10.2. The molecule has 262 valence electrons. The Kier molecular flexibility index (Phi) is 12.3. The van der Waals surface area contributed by atoms with Crippen LogP contribution < -0.4 is 4.90 Å². The molecular weight excluding hydrogens is 685 g/mol. The number of aliphatic carboxylic acids is 1. The zero-order chi connectivity index (χ0) is 36.1. The van der Waals surface area contributed by atoms with Crippen molar-refractivity contribution in [3.63, 3.8) is 0 Å². The molecule has 2 N–H and O–H groups in total. The van der Waals surface area contributed by atoms with E-state index < -0.39 is 53.4 Å². The Labute approximate surface area is 282 Å². The van der Waals surface area contributed by atoms with E-state index in [1.54, 1.807) is 6.07 Å². The highest BCUT2D eigenvalue weighted by Crippen LogP contribution is 2.48. The van der Waals surface area contributed by atoms with Crippen molar-refractivity contribution in [1.82, 2.24) is 0 Å². The smallest absolute Gasteiger partial charge is 0.425 e. The fraction of sp³-hybridized carbons (Fsp3) is 0.438. The van der Waals surface area contributed by atoms with Gasteiger partial charge < -0.3 is 14.6 Å². The van der Waals surface area contributed by atoms with E-state index in [1.165, 1.54) is 12.1 Å². The SMILES string of the molecule is CC1(C)C(/C=C/C=C2/N(CCCCCC(=O)O)c3ccc(S(=O)(=O)O)cc3C2(C)C)=[N+](CCCS(=O)(=O)[O-])c2ccccc21.O=S(=O)=O. The van der Waals surface area contributed by atoms with E-state index in [9.17, 15) is 30.7 Å².